The van der Waals surface area contributed by atoms with Crippen LogP contribution in [0.2, 0.25) is 0 Å². The van der Waals surface area contributed by atoms with Gasteiger partial charge in [0.2, 0.25) is 0 Å². The van der Waals surface area contributed by atoms with E-state index in [-0.39, 0.29) is 0 Å². The fourth-order valence-corrected chi connectivity index (χ4v) is 1.89. The van der Waals surface area contributed by atoms with Crippen molar-refractivity contribution < 1.29 is 9.53 Å². The largest absolute Gasteiger partial charge is 0.488 e. The smallest absolute Gasteiger partial charge is 0.252 e. The van der Waals surface area contributed by atoms with Crippen LogP contribution in [-0.4, -0.2) is 5.91 Å². The summed E-state index contributed by atoms with van der Waals surface area (Å²) in [5.74, 6) is -0.0394. The summed E-state index contributed by atoms with van der Waals surface area (Å²) in [5.41, 5.74) is 13.0. The molecule has 1 amide bonds. The van der Waals surface area contributed by atoms with Crippen molar-refractivity contribution in [1.29, 1.82) is 0 Å². The molecule has 19 heavy (non-hydrogen) atoms. The normalized spacial score (nSPS) is 10.2. The molecule has 0 unspecified atom stereocenters. The lowest BCUT2D eigenvalue weighted by Crippen LogP contribution is -2.12. The van der Waals surface area contributed by atoms with Crippen LogP contribution in [-0.2, 0) is 6.61 Å². The molecule has 0 aliphatic heterocycles. The second kappa shape index (κ2) is 5.75. The highest BCUT2D eigenvalue weighted by atomic mass is 79.9. The molecular weight excluding hydrogens is 308 g/mol. The number of primary amides is 1. The summed E-state index contributed by atoms with van der Waals surface area (Å²) in [4.78, 5) is 11.2. The molecular formula is C14H13BrN2O2. The molecule has 2 rings (SSSR count). The van der Waals surface area contributed by atoms with Gasteiger partial charge in [-0.3, -0.25) is 4.79 Å². The minimum atomic E-state index is -0.508. The monoisotopic (exact) mass is 320 g/mol. The maximum absolute atomic E-state index is 11.2. The second-order valence-electron chi connectivity index (χ2n) is 4.00. The first kappa shape index (κ1) is 13.4. The van der Waals surface area contributed by atoms with Gasteiger partial charge in [0.1, 0.15) is 12.4 Å². The lowest BCUT2D eigenvalue weighted by Gasteiger charge is -2.10. The zero-order chi connectivity index (χ0) is 13.8. The molecule has 0 bridgehead atoms. The molecule has 0 radical (unpaired) electrons. The van der Waals surface area contributed by atoms with Crippen molar-refractivity contribution in [1.82, 2.24) is 0 Å². The van der Waals surface area contributed by atoms with Gasteiger partial charge >= 0.3 is 0 Å². The van der Waals surface area contributed by atoms with Crippen LogP contribution in [0.5, 0.6) is 5.75 Å². The SMILES string of the molecule is NC(=O)c1ccccc1OCc1ccc(Br)c(N)c1. The van der Waals surface area contributed by atoms with Crippen molar-refractivity contribution in [3.8, 4) is 5.75 Å². The van der Waals surface area contributed by atoms with E-state index < -0.39 is 5.91 Å². The number of amides is 1. The van der Waals surface area contributed by atoms with Gasteiger partial charge in [-0.25, -0.2) is 0 Å². The van der Waals surface area contributed by atoms with Crippen LogP contribution in [0.15, 0.2) is 46.9 Å². The Morgan fingerprint density at radius 2 is 1.95 bits per heavy atom. The highest BCUT2D eigenvalue weighted by Crippen LogP contribution is 2.22. The van der Waals surface area contributed by atoms with Gasteiger partial charge in [-0.2, -0.15) is 0 Å². The number of halogens is 1. The first-order valence-corrected chi connectivity index (χ1v) is 6.43. The van der Waals surface area contributed by atoms with E-state index in [0.717, 1.165) is 10.0 Å². The minimum absolute atomic E-state index is 0.321. The molecule has 0 spiro atoms. The average Bonchev–Trinajstić information content (AvgIpc) is 2.40. The predicted molar refractivity (Wildman–Crippen MR) is 77.8 cm³/mol. The lowest BCUT2D eigenvalue weighted by molar-refractivity contribution is 0.0996. The van der Waals surface area contributed by atoms with Crippen LogP contribution in [0, 0.1) is 0 Å². The van der Waals surface area contributed by atoms with E-state index in [0.29, 0.717) is 23.6 Å². The predicted octanol–water partition coefficient (Wildman–Crippen LogP) is 2.71. The maximum atomic E-state index is 11.2. The van der Waals surface area contributed by atoms with Crippen molar-refractivity contribution in [2.45, 2.75) is 6.61 Å². The summed E-state index contributed by atoms with van der Waals surface area (Å²) in [6, 6.07) is 12.4. The molecule has 0 aliphatic carbocycles. The molecule has 0 fully saturated rings. The van der Waals surface area contributed by atoms with Gasteiger partial charge in [-0.1, -0.05) is 18.2 Å². The number of rotatable bonds is 4. The van der Waals surface area contributed by atoms with E-state index in [4.69, 9.17) is 16.2 Å². The summed E-state index contributed by atoms with van der Waals surface area (Å²) in [6.07, 6.45) is 0. The number of hydrogen-bond donors (Lipinski definition) is 2. The first-order valence-electron chi connectivity index (χ1n) is 5.63. The Morgan fingerprint density at radius 3 is 2.63 bits per heavy atom. The van der Waals surface area contributed by atoms with Gasteiger partial charge in [0, 0.05) is 10.2 Å². The molecule has 0 aliphatic rings. The maximum Gasteiger partial charge on any atom is 0.252 e. The number of hydrogen-bond acceptors (Lipinski definition) is 3. The Bertz CT molecular complexity index is 614. The Balaban J connectivity index is 2.14. The van der Waals surface area contributed by atoms with Gasteiger partial charge in [-0.15, -0.1) is 0 Å². The second-order valence-corrected chi connectivity index (χ2v) is 4.86. The zero-order valence-electron chi connectivity index (χ0n) is 10.1. The molecule has 98 valence electrons. The highest BCUT2D eigenvalue weighted by Gasteiger charge is 2.08. The third-order valence-electron chi connectivity index (χ3n) is 2.61. The summed E-state index contributed by atoms with van der Waals surface area (Å²) < 4.78 is 6.45. The lowest BCUT2D eigenvalue weighted by atomic mass is 10.2. The average molecular weight is 321 g/mol. The molecule has 0 heterocycles. The highest BCUT2D eigenvalue weighted by molar-refractivity contribution is 9.10. The molecule has 4 N–H and O–H groups in total. The fraction of sp³-hybridized carbons (Fsp3) is 0.0714. The summed E-state index contributed by atoms with van der Waals surface area (Å²) in [6.45, 7) is 0.321. The van der Waals surface area contributed by atoms with E-state index in [2.05, 4.69) is 15.9 Å². The van der Waals surface area contributed by atoms with E-state index in [1.165, 1.54) is 0 Å². The molecule has 2 aromatic rings. The Kier molecular flexibility index (Phi) is 4.06. The molecule has 4 nitrogen and oxygen atoms in total. The van der Waals surface area contributed by atoms with E-state index in [9.17, 15) is 4.79 Å². The molecule has 0 atom stereocenters. The van der Waals surface area contributed by atoms with E-state index in [1.807, 2.05) is 18.2 Å². The number of nitrogens with two attached hydrogens (primary N) is 2. The Hall–Kier alpha value is -2.01. The van der Waals surface area contributed by atoms with Gasteiger partial charge in [-0.05, 0) is 45.8 Å². The van der Waals surface area contributed by atoms with Gasteiger partial charge in [0.15, 0.2) is 0 Å². The Morgan fingerprint density at radius 1 is 1.21 bits per heavy atom. The fourth-order valence-electron chi connectivity index (χ4n) is 1.64. The molecule has 0 saturated heterocycles. The summed E-state index contributed by atoms with van der Waals surface area (Å²) in [5, 5.41) is 0. The van der Waals surface area contributed by atoms with Crippen molar-refractivity contribution in [2.75, 3.05) is 5.73 Å². The van der Waals surface area contributed by atoms with Crippen LogP contribution >= 0.6 is 15.9 Å². The number of nitrogen functional groups attached to an aromatic ring is 1. The van der Waals surface area contributed by atoms with E-state index >= 15 is 0 Å². The number of ether oxygens (including phenoxy) is 1. The van der Waals surface area contributed by atoms with Crippen molar-refractivity contribution in [3.63, 3.8) is 0 Å². The quantitative estimate of drug-likeness (QED) is 0.850. The number of carbonyl (C=O) groups is 1. The molecule has 0 saturated carbocycles. The van der Waals surface area contributed by atoms with Crippen molar-refractivity contribution in [2.24, 2.45) is 5.73 Å². The third kappa shape index (κ3) is 3.26. The van der Waals surface area contributed by atoms with Gasteiger partial charge in [0.05, 0.1) is 5.56 Å². The van der Waals surface area contributed by atoms with Crippen LogP contribution in [0.3, 0.4) is 0 Å². The van der Waals surface area contributed by atoms with E-state index in [1.54, 1.807) is 24.3 Å². The van der Waals surface area contributed by atoms with Crippen molar-refractivity contribution in [3.05, 3.63) is 58.1 Å². The van der Waals surface area contributed by atoms with Crippen molar-refractivity contribution >= 4 is 27.5 Å². The zero-order valence-corrected chi connectivity index (χ0v) is 11.7. The summed E-state index contributed by atoms with van der Waals surface area (Å²) in [7, 11) is 0. The molecule has 0 aromatic heterocycles. The van der Waals surface area contributed by atoms with Crippen LogP contribution in [0.1, 0.15) is 15.9 Å². The van der Waals surface area contributed by atoms with Crippen LogP contribution in [0.4, 0.5) is 5.69 Å². The minimum Gasteiger partial charge on any atom is -0.488 e. The van der Waals surface area contributed by atoms with Crippen LogP contribution < -0.4 is 16.2 Å². The third-order valence-corrected chi connectivity index (χ3v) is 3.33. The van der Waals surface area contributed by atoms with Crippen LogP contribution in [0.25, 0.3) is 0 Å². The number of carbonyl (C=O) groups excluding carboxylic acids is 1. The Labute approximate surface area is 119 Å². The first-order chi connectivity index (χ1) is 9.08. The molecule has 2 aromatic carbocycles. The van der Waals surface area contributed by atoms with Gasteiger partial charge in [0.25, 0.3) is 5.91 Å². The van der Waals surface area contributed by atoms with Gasteiger partial charge < -0.3 is 16.2 Å². The molecule has 5 heteroatoms. The summed E-state index contributed by atoms with van der Waals surface area (Å²) >= 11 is 3.33. The topological polar surface area (TPSA) is 78.3 Å². The standard InChI is InChI=1S/C14H13BrN2O2/c15-11-6-5-9(7-12(11)16)8-19-13-4-2-1-3-10(13)14(17)18/h1-7H,8,16H2,(H2,17,18). The number of benzene rings is 2. The number of para-hydroxylation sites is 1. The number of anilines is 1.